The van der Waals surface area contributed by atoms with Gasteiger partial charge in [0.15, 0.2) is 0 Å². The van der Waals surface area contributed by atoms with Gasteiger partial charge in [-0.25, -0.2) is 0 Å². The van der Waals surface area contributed by atoms with Gasteiger partial charge in [-0.2, -0.15) is 0 Å². The van der Waals surface area contributed by atoms with Crippen LogP contribution in [0.2, 0.25) is 0 Å². The highest BCUT2D eigenvalue weighted by atomic mass is 16.2. The molecule has 2 saturated carbocycles. The van der Waals surface area contributed by atoms with Crippen LogP contribution in [0.15, 0.2) is 0 Å². The van der Waals surface area contributed by atoms with E-state index in [0.29, 0.717) is 18.5 Å². The standard InChI is InChI=1S/C13H24N2O/c1-10-5-4-6-11(10)15-12(16)13(9-14)7-2-3-8-13/h10-11H,2-9,14H2,1H3,(H,15,16). The number of hydrogen-bond donors (Lipinski definition) is 2. The monoisotopic (exact) mass is 224 g/mol. The number of carbonyl (C=O) groups is 1. The van der Waals surface area contributed by atoms with Gasteiger partial charge in [-0.05, 0) is 31.6 Å². The SMILES string of the molecule is CC1CCCC1NC(=O)C1(CN)CCCC1. The largest absolute Gasteiger partial charge is 0.353 e. The molecule has 3 heteroatoms. The minimum Gasteiger partial charge on any atom is -0.353 e. The number of nitrogens with two attached hydrogens (primary N) is 1. The maximum atomic E-state index is 12.3. The van der Waals surface area contributed by atoms with Gasteiger partial charge in [0, 0.05) is 12.6 Å². The lowest BCUT2D eigenvalue weighted by Crippen LogP contribution is -2.48. The summed E-state index contributed by atoms with van der Waals surface area (Å²) < 4.78 is 0. The molecule has 0 radical (unpaired) electrons. The lowest BCUT2D eigenvalue weighted by Gasteiger charge is -2.29. The van der Waals surface area contributed by atoms with Crippen LogP contribution in [0.5, 0.6) is 0 Å². The van der Waals surface area contributed by atoms with Crippen LogP contribution in [-0.4, -0.2) is 18.5 Å². The highest BCUT2D eigenvalue weighted by Gasteiger charge is 2.41. The third kappa shape index (κ3) is 2.10. The fraction of sp³-hybridized carbons (Fsp3) is 0.923. The minimum absolute atomic E-state index is 0.228. The van der Waals surface area contributed by atoms with Crippen LogP contribution in [0, 0.1) is 11.3 Å². The van der Waals surface area contributed by atoms with E-state index in [1.165, 1.54) is 12.8 Å². The van der Waals surface area contributed by atoms with Crippen molar-refractivity contribution in [3.05, 3.63) is 0 Å². The molecule has 0 heterocycles. The van der Waals surface area contributed by atoms with Crippen molar-refractivity contribution in [3.8, 4) is 0 Å². The summed E-state index contributed by atoms with van der Waals surface area (Å²) in [6.45, 7) is 2.75. The molecule has 1 amide bonds. The summed E-state index contributed by atoms with van der Waals surface area (Å²) in [5.74, 6) is 0.867. The smallest absolute Gasteiger partial charge is 0.227 e. The summed E-state index contributed by atoms with van der Waals surface area (Å²) >= 11 is 0. The first-order chi connectivity index (χ1) is 7.68. The van der Waals surface area contributed by atoms with Crippen molar-refractivity contribution in [1.29, 1.82) is 0 Å². The molecular formula is C13H24N2O. The first-order valence-electron chi connectivity index (χ1n) is 6.69. The van der Waals surface area contributed by atoms with Crippen LogP contribution in [0.3, 0.4) is 0 Å². The Bertz CT molecular complexity index is 259. The van der Waals surface area contributed by atoms with E-state index in [9.17, 15) is 4.79 Å². The zero-order chi connectivity index (χ0) is 11.6. The molecule has 0 aromatic carbocycles. The fourth-order valence-electron chi connectivity index (χ4n) is 3.26. The molecule has 2 atom stereocenters. The molecule has 2 rings (SSSR count). The zero-order valence-electron chi connectivity index (χ0n) is 10.3. The van der Waals surface area contributed by atoms with Gasteiger partial charge in [0.25, 0.3) is 0 Å². The summed E-state index contributed by atoms with van der Waals surface area (Å²) in [5, 5.41) is 3.24. The highest BCUT2D eigenvalue weighted by Crippen LogP contribution is 2.38. The molecule has 2 fully saturated rings. The zero-order valence-corrected chi connectivity index (χ0v) is 10.3. The van der Waals surface area contributed by atoms with Gasteiger partial charge in [-0.3, -0.25) is 4.79 Å². The number of amides is 1. The summed E-state index contributed by atoms with van der Waals surface area (Å²) in [5.41, 5.74) is 5.58. The van der Waals surface area contributed by atoms with Crippen molar-refractivity contribution >= 4 is 5.91 Å². The lowest BCUT2D eigenvalue weighted by atomic mass is 9.84. The number of rotatable bonds is 3. The van der Waals surface area contributed by atoms with Gasteiger partial charge in [-0.1, -0.05) is 26.2 Å². The number of nitrogens with one attached hydrogen (secondary N) is 1. The topological polar surface area (TPSA) is 55.1 Å². The van der Waals surface area contributed by atoms with Gasteiger partial charge in [0.1, 0.15) is 0 Å². The van der Waals surface area contributed by atoms with Crippen molar-refractivity contribution in [1.82, 2.24) is 5.32 Å². The fourth-order valence-corrected chi connectivity index (χ4v) is 3.26. The molecule has 3 nitrogen and oxygen atoms in total. The Morgan fingerprint density at radius 3 is 2.50 bits per heavy atom. The molecule has 0 aromatic heterocycles. The maximum absolute atomic E-state index is 12.3. The average Bonchev–Trinajstić information content (AvgIpc) is 2.89. The van der Waals surface area contributed by atoms with Crippen LogP contribution >= 0.6 is 0 Å². The van der Waals surface area contributed by atoms with E-state index in [2.05, 4.69) is 12.2 Å². The third-order valence-electron chi connectivity index (χ3n) is 4.61. The van der Waals surface area contributed by atoms with E-state index in [4.69, 9.17) is 5.73 Å². The normalized spacial score (nSPS) is 32.9. The van der Waals surface area contributed by atoms with Crippen LogP contribution in [0.1, 0.15) is 51.9 Å². The lowest BCUT2D eigenvalue weighted by molar-refractivity contribution is -0.131. The van der Waals surface area contributed by atoms with Crippen LogP contribution < -0.4 is 11.1 Å². The number of hydrogen-bond acceptors (Lipinski definition) is 2. The van der Waals surface area contributed by atoms with E-state index < -0.39 is 0 Å². The maximum Gasteiger partial charge on any atom is 0.227 e. The minimum atomic E-state index is -0.234. The van der Waals surface area contributed by atoms with E-state index in [-0.39, 0.29) is 11.3 Å². The Morgan fingerprint density at radius 1 is 1.31 bits per heavy atom. The van der Waals surface area contributed by atoms with Crippen molar-refractivity contribution < 1.29 is 4.79 Å². The van der Waals surface area contributed by atoms with Crippen LogP contribution in [0.25, 0.3) is 0 Å². The molecule has 2 unspecified atom stereocenters. The Labute approximate surface area is 98.2 Å². The summed E-state index contributed by atoms with van der Waals surface area (Å²) in [6, 6.07) is 0.400. The highest BCUT2D eigenvalue weighted by molar-refractivity contribution is 5.83. The van der Waals surface area contributed by atoms with Gasteiger partial charge in [0.05, 0.1) is 5.41 Å². The van der Waals surface area contributed by atoms with Gasteiger partial charge in [-0.15, -0.1) is 0 Å². The molecular weight excluding hydrogens is 200 g/mol. The molecule has 0 aromatic rings. The second-order valence-electron chi connectivity index (χ2n) is 5.68. The molecule has 0 saturated heterocycles. The van der Waals surface area contributed by atoms with Gasteiger partial charge < -0.3 is 11.1 Å². The first kappa shape index (κ1) is 11.9. The number of carbonyl (C=O) groups excluding carboxylic acids is 1. The van der Waals surface area contributed by atoms with E-state index in [1.807, 2.05) is 0 Å². The molecule has 92 valence electrons. The van der Waals surface area contributed by atoms with Gasteiger partial charge >= 0.3 is 0 Å². The molecule has 0 aliphatic heterocycles. The van der Waals surface area contributed by atoms with Crippen molar-refractivity contribution in [3.63, 3.8) is 0 Å². The Morgan fingerprint density at radius 2 is 2.00 bits per heavy atom. The van der Waals surface area contributed by atoms with Crippen LogP contribution in [0.4, 0.5) is 0 Å². The van der Waals surface area contributed by atoms with Gasteiger partial charge in [0.2, 0.25) is 5.91 Å². The molecule has 3 N–H and O–H groups in total. The predicted molar refractivity (Wildman–Crippen MR) is 64.9 cm³/mol. The van der Waals surface area contributed by atoms with Crippen molar-refractivity contribution in [2.24, 2.45) is 17.1 Å². The van der Waals surface area contributed by atoms with Crippen LogP contribution in [-0.2, 0) is 4.79 Å². The Hall–Kier alpha value is -0.570. The average molecular weight is 224 g/mol. The molecule has 2 aliphatic carbocycles. The predicted octanol–water partition coefficient (Wildman–Crippen LogP) is 1.81. The quantitative estimate of drug-likeness (QED) is 0.768. The molecule has 0 spiro atoms. The first-order valence-corrected chi connectivity index (χ1v) is 6.69. The summed E-state index contributed by atoms with van der Waals surface area (Å²) in [7, 11) is 0. The molecule has 0 bridgehead atoms. The van der Waals surface area contributed by atoms with Crippen molar-refractivity contribution in [2.45, 2.75) is 57.9 Å². The second-order valence-corrected chi connectivity index (χ2v) is 5.68. The van der Waals surface area contributed by atoms with E-state index >= 15 is 0 Å². The second kappa shape index (κ2) is 4.74. The molecule has 16 heavy (non-hydrogen) atoms. The van der Waals surface area contributed by atoms with E-state index in [0.717, 1.165) is 32.1 Å². The Kier molecular flexibility index (Phi) is 3.53. The summed E-state index contributed by atoms with van der Waals surface area (Å²) in [4.78, 5) is 12.3. The molecule has 2 aliphatic rings. The van der Waals surface area contributed by atoms with E-state index in [1.54, 1.807) is 0 Å². The summed E-state index contributed by atoms with van der Waals surface area (Å²) in [6.07, 6.45) is 7.93. The third-order valence-corrected chi connectivity index (χ3v) is 4.61. The Balaban J connectivity index is 1.96. The van der Waals surface area contributed by atoms with Crippen molar-refractivity contribution in [2.75, 3.05) is 6.54 Å².